The molecule has 0 saturated carbocycles. The van der Waals surface area contributed by atoms with Crippen molar-refractivity contribution in [2.45, 2.75) is 18.9 Å². The van der Waals surface area contributed by atoms with Crippen LogP contribution in [0.2, 0.25) is 0 Å². The van der Waals surface area contributed by atoms with E-state index in [9.17, 15) is 4.79 Å². The van der Waals surface area contributed by atoms with E-state index in [0.29, 0.717) is 0 Å². The number of hydrogen-bond donors (Lipinski definition) is 1. The van der Waals surface area contributed by atoms with Crippen LogP contribution in [-0.2, 0) is 6.42 Å². The molecule has 0 bridgehead atoms. The number of aryl methyl sites for hydroxylation is 1. The van der Waals surface area contributed by atoms with Crippen LogP contribution in [0.15, 0.2) is 84.9 Å². The van der Waals surface area contributed by atoms with Crippen LogP contribution in [0.25, 0.3) is 0 Å². The largest absolute Gasteiger partial charge is 0.327 e. The summed E-state index contributed by atoms with van der Waals surface area (Å²) in [5.41, 5.74) is 4.43. The van der Waals surface area contributed by atoms with Crippen molar-refractivity contribution in [3.63, 3.8) is 0 Å². The molecule has 0 aliphatic carbocycles. The molecule has 0 atom stereocenters. The average Bonchev–Trinajstić information content (AvgIpc) is 2.72. The number of nitrogens with zero attached hydrogens (tertiary/aromatic N) is 1. The molecule has 0 aromatic heterocycles. The second-order valence-corrected chi connectivity index (χ2v) is 6.59. The molecule has 3 aromatic rings. The molecule has 2 amide bonds. The fourth-order valence-electron chi connectivity index (χ4n) is 3.60. The lowest BCUT2D eigenvalue weighted by Gasteiger charge is -2.31. The summed E-state index contributed by atoms with van der Waals surface area (Å²) in [7, 11) is 0. The van der Waals surface area contributed by atoms with Gasteiger partial charge in [0.2, 0.25) is 0 Å². The van der Waals surface area contributed by atoms with Gasteiger partial charge in [0.15, 0.2) is 0 Å². The highest BCUT2D eigenvalue weighted by molar-refractivity contribution is 5.93. The Kier molecular flexibility index (Phi) is 4.69. The molecule has 0 unspecified atom stereocenters. The third-order valence-electron chi connectivity index (χ3n) is 4.89. The lowest BCUT2D eigenvalue weighted by Crippen LogP contribution is -2.44. The van der Waals surface area contributed by atoms with E-state index < -0.39 is 0 Å². The molecule has 26 heavy (non-hydrogen) atoms. The number of urea groups is 1. The minimum absolute atomic E-state index is 0.0464. The molecule has 4 rings (SSSR count). The van der Waals surface area contributed by atoms with Crippen molar-refractivity contribution in [1.82, 2.24) is 5.32 Å². The lowest BCUT2D eigenvalue weighted by molar-refractivity contribution is 0.243. The second-order valence-electron chi connectivity index (χ2n) is 6.59. The molecule has 3 aromatic carbocycles. The summed E-state index contributed by atoms with van der Waals surface area (Å²) >= 11 is 0. The maximum Gasteiger partial charge on any atom is 0.322 e. The van der Waals surface area contributed by atoms with Crippen molar-refractivity contribution < 1.29 is 4.79 Å². The van der Waals surface area contributed by atoms with Gasteiger partial charge in [0.1, 0.15) is 0 Å². The first-order valence-corrected chi connectivity index (χ1v) is 9.09. The number of amides is 2. The summed E-state index contributed by atoms with van der Waals surface area (Å²) in [5.74, 6) is 0. The number of para-hydroxylation sites is 1. The Morgan fingerprint density at radius 1 is 0.808 bits per heavy atom. The standard InChI is InChI=1S/C23H22N2O/c26-23(25-17-9-15-18-10-7-8-16-21(18)25)24-22(19-11-3-1-4-12-19)20-13-5-2-6-14-20/h1-8,10-14,16,22H,9,15,17H2,(H,24,26). The topological polar surface area (TPSA) is 32.3 Å². The number of benzene rings is 3. The smallest absolute Gasteiger partial charge is 0.322 e. The fourth-order valence-corrected chi connectivity index (χ4v) is 3.60. The van der Waals surface area contributed by atoms with Crippen molar-refractivity contribution in [3.05, 3.63) is 102 Å². The van der Waals surface area contributed by atoms with Crippen molar-refractivity contribution in [2.24, 2.45) is 0 Å². The predicted molar refractivity (Wildman–Crippen MR) is 105 cm³/mol. The Morgan fingerprint density at radius 2 is 1.38 bits per heavy atom. The maximum absolute atomic E-state index is 13.1. The van der Waals surface area contributed by atoms with Gasteiger partial charge in [-0.05, 0) is 35.6 Å². The van der Waals surface area contributed by atoms with Crippen LogP contribution in [-0.4, -0.2) is 12.6 Å². The molecule has 1 N–H and O–H groups in total. The van der Waals surface area contributed by atoms with Gasteiger partial charge < -0.3 is 5.32 Å². The Hall–Kier alpha value is -3.07. The van der Waals surface area contributed by atoms with Gasteiger partial charge in [-0.2, -0.15) is 0 Å². The first-order chi connectivity index (χ1) is 12.8. The van der Waals surface area contributed by atoms with E-state index in [1.54, 1.807) is 0 Å². The van der Waals surface area contributed by atoms with Gasteiger partial charge in [0.25, 0.3) is 0 Å². The first kappa shape index (κ1) is 16.4. The van der Waals surface area contributed by atoms with Crippen LogP contribution in [0.5, 0.6) is 0 Å². The van der Waals surface area contributed by atoms with Crippen LogP contribution in [0.1, 0.15) is 29.2 Å². The highest BCUT2D eigenvalue weighted by atomic mass is 16.2. The monoisotopic (exact) mass is 342 g/mol. The van der Waals surface area contributed by atoms with Crippen LogP contribution in [0, 0.1) is 0 Å². The number of nitrogens with one attached hydrogen (secondary N) is 1. The van der Waals surface area contributed by atoms with Crippen LogP contribution >= 0.6 is 0 Å². The Bertz CT molecular complexity index is 837. The molecular formula is C23H22N2O. The quantitative estimate of drug-likeness (QED) is 0.718. The Balaban J connectivity index is 1.64. The molecular weight excluding hydrogens is 320 g/mol. The minimum Gasteiger partial charge on any atom is -0.327 e. The van der Waals surface area contributed by atoms with Crippen LogP contribution in [0.4, 0.5) is 10.5 Å². The van der Waals surface area contributed by atoms with Crippen molar-refractivity contribution >= 4 is 11.7 Å². The third-order valence-corrected chi connectivity index (χ3v) is 4.89. The maximum atomic E-state index is 13.1. The first-order valence-electron chi connectivity index (χ1n) is 9.09. The Labute approximate surface area is 154 Å². The van der Waals surface area contributed by atoms with Gasteiger partial charge in [-0.25, -0.2) is 4.79 Å². The van der Waals surface area contributed by atoms with E-state index in [4.69, 9.17) is 0 Å². The summed E-state index contributed by atoms with van der Waals surface area (Å²) in [4.78, 5) is 15.0. The zero-order chi connectivity index (χ0) is 17.8. The van der Waals surface area contributed by atoms with Gasteiger partial charge in [0, 0.05) is 12.2 Å². The van der Waals surface area contributed by atoms with Gasteiger partial charge >= 0.3 is 6.03 Å². The summed E-state index contributed by atoms with van der Waals surface area (Å²) in [6.45, 7) is 0.749. The molecule has 0 saturated heterocycles. The highest BCUT2D eigenvalue weighted by Gasteiger charge is 2.25. The summed E-state index contributed by atoms with van der Waals surface area (Å²) < 4.78 is 0. The number of carbonyl (C=O) groups excluding carboxylic acids is 1. The van der Waals surface area contributed by atoms with Gasteiger partial charge in [-0.1, -0.05) is 78.9 Å². The summed E-state index contributed by atoms with van der Waals surface area (Å²) in [6.07, 6.45) is 2.02. The predicted octanol–water partition coefficient (Wildman–Crippen LogP) is 4.94. The normalized spacial score (nSPS) is 13.3. The van der Waals surface area contributed by atoms with Crippen LogP contribution < -0.4 is 10.2 Å². The van der Waals surface area contributed by atoms with Crippen molar-refractivity contribution in [1.29, 1.82) is 0 Å². The van der Waals surface area contributed by atoms with Gasteiger partial charge in [0.05, 0.1) is 6.04 Å². The van der Waals surface area contributed by atoms with E-state index in [1.807, 2.05) is 59.5 Å². The molecule has 1 aliphatic rings. The molecule has 3 heteroatoms. The van der Waals surface area contributed by atoms with E-state index in [1.165, 1.54) is 5.56 Å². The molecule has 1 aliphatic heterocycles. The zero-order valence-electron chi connectivity index (χ0n) is 14.6. The van der Waals surface area contributed by atoms with E-state index in [0.717, 1.165) is 36.2 Å². The highest BCUT2D eigenvalue weighted by Crippen LogP contribution is 2.28. The SMILES string of the molecule is O=C(NC(c1ccccc1)c1ccccc1)N1CCCc2ccccc21. The van der Waals surface area contributed by atoms with Gasteiger partial charge in [-0.15, -0.1) is 0 Å². The lowest BCUT2D eigenvalue weighted by atomic mass is 9.98. The van der Waals surface area contributed by atoms with E-state index >= 15 is 0 Å². The molecule has 0 spiro atoms. The molecule has 3 nitrogen and oxygen atoms in total. The fraction of sp³-hybridized carbons (Fsp3) is 0.174. The molecule has 0 radical (unpaired) electrons. The van der Waals surface area contributed by atoms with E-state index in [2.05, 4.69) is 35.6 Å². The second kappa shape index (κ2) is 7.44. The third kappa shape index (κ3) is 3.33. The zero-order valence-corrected chi connectivity index (χ0v) is 14.6. The number of fused-ring (bicyclic) bond motifs is 1. The van der Waals surface area contributed by atoms with Crippen LogP contribution in [0.3, 0.4) is 0 Å². The molecule has 1 heterocycles. The van der Waals surface area contributed by atoms with Gasteiger partial charge in [-0.3, -0.25) is 4.90 Å². The molecule has 130 valence electrons. The summed E-state index contributed by atoms with van der Waals surface area (Å²) in [5, 5.41) is 3.25. The van der Waals surface area contributed by atoms with E-state index in [-0.39, 0.29) is 12.1 Å². The summed E-state index contributed by atoms with van der Waals surface area (Å²) in [6, 6.07) is 28.2. The number of hydrogen-bond acceptors (Lipinski definition) is 1. The molecule has 0 fully saturated rings. The minimum atomic E-state index is -0.168. The van der Waals surface area contributed by atoms with Crippen molar-refractivity contribution in [3.8, 4) is 0 Å². The number of rotatable bonds is 3. The number of carbonyl (C=O) groups is 1. The average molecular weight is 342 g/mol. The number of anilines is 1. The van der Waals surface area contributed by atoms with Crippen molar-refractivity contribution in [2.75, 3.05) is 11.4 Å². The Morgan fingerprint density at radius 3 is 2.04 bits per heavy atom.